The van der Waals surface area contributed by atoms with Gasteiger partial charge in [-0.15, -0.1) is 24.4 Å². The van der Waals surface area contributed by atoms with Gasteiger partial charge in [0.15, 0.2) is 0 Å². The Bertz CT molecular complexity index is 1700. The molecule has 0 aromatic heterocycles. The van der Waals surface area contributed by atoms with Crippen LogP contribution in [0.3, 0.4) is 0 Å². The topological polar surface area (TPSA) is 0 Å². The van der Waals surface area contributed by atoms with Crippen molar-refractivity contribution >= 4 is 50.8 Å². The highest BCUT2D eigenvalue weighted by molar-refractivity contribution is 8.02. The molecule has 2 aliphatic rings. The first-order valence-corrected chi connectivity index (χ1v) is 16.4. The maximum absolute atomic E-state index is 4.91. The molecule has 3 aromatic carbocycles. The van der Waals surface area contributed by atoms with Crippen LogP contribution in [-0.4, -0.2) is 6.26 Å². The molecule has 0 amide bonds. The maximum atomic E-state index is 4.91. The highest BCUT2D eigenvalue weighted by atomic mass is 32.2. The molecule has 5 rings (SSSR count). The SMILES string of the molecule is CCc1c2ccccc2c(CC)c2cc(/C(S)=C/C=C/C(=C/C=C(\C)C3=CC4C=CCCC=C4C=C3)SC)ccc12. The van der Waals surface area contributed by atoms with Gasteiger partial charge in [-0.2, -0.15) is 0 Å². The third-order valence-corrected chi connectivity index (χ3v) is 9.36. The average molecular weight is 573 g/mol. The molecular formula is C39H40S2. The molecule has 208 valence electrons. The fraction of sp³-hybridized carbons (Fsp3) is 0.231. The van der Waals surface area contributed by atoms with Crippen molar-refractivity contribution in [1.29, 1.82) is 0 Å². The Morgan fingerprint density at radius 1 is 0.902 bits per heavy atom. The molecule has 0 fully saturated rings. The molecule has 0 aliphatic heterocycles. The fourth-order valence-electron chi connectivity index (χ4n) is 5.97. The summed E-state index contributed by atoms with van der Waals surface area (Å²) in [4.78, 5) is 2.18. The summed E-state index contributed by atoms with van der Waals surface area (Å²) in [5.74, 6) is 0.402. The van der Waals surface area contributed by atoms with E-state index in [2.05, 4.69) is 136 Å². The Hall–Kier alpha value is -3.20. The smallest absolute Gasteiger partial charge is 0.0204 e. The highest BCUT2D eigenvalue weighted by Gasteiger charge is 2.14. The van der Waals surface area contributed by atoms with Crippen LogP contribution in [0.25, 0.3) is 26.5 Å². The molecule has 0 radical (unpaired) electrons. The van der Waals surface area contributed by atoms with Crippen LogP contribution in [0.4, 0.5) is 0 Å². The summed E-state index contributed by atoms with van der Waals surface area (Å²) >= 11 is 6.67. The first kappa shape index (κ1) is 29.3. The first-order chi connectivity index (χ1) is 20.0. The molecule has 41 heavy (non-hydrogen) atoms. The normalized spacial score (nSPS) is 18.2. The Labute approximate surface area is 256 Å². The molecule has 0 saturated heterocycles. The third kappa shape index (κ3) is 6.50. The highest BCUT2D eigenvalue weighted by Crippen LogP contribution is 2.36. The predicted molar refractivity (Wildman–Crippen MR) is 189 cm³/mol. The van der Waals surface area contributed by atoms with Crippen LogP contribution in [0.2, 0.25) is 0 Å². The van der Waals surface area contributed by atoms with Gasteiger partial charge in [0.2, 0.25) is 0 Å². The van der Waals surface area contributed by atoms with E-state index in [0.29, 0.717) is 5.92 Å². The summed E-state index contributed by atoms with van der Waals surface area (Å²) in [5.41, 5.74) is 8.02. The minimum atomic E-state index is 0.402. The number of aryl methyl sites for hydroxylation is 2. The van der Waals surface area contributed by atoms with Crippen LogP contribution in [-0.2, 0) is 12.8 Å². The lowest BCUT2D eigenvalue weighted by Gasteiger charge is -2.16. The van der Waals surface area contributed by atoms with Crippen molar-refractivity contribution in [1.82, 2.24) is 0 Å². The van der Waals surface area contributed by atoms with Crippen molar-refractivity contribution in [2.45, 2.75) is 46.5 Å². The lowest BCUT2D eigenvalue weighted by molar-refractivity contribution is 0.977. The molecule has 0 heterocycles. The maximum Gasteiger partial charge on any atom is 0.0204 e. The zero-order valence-electron chi connectivity index (χ0n) is 24.7. The Morgan fingerprint density at radius 2 is 1.63 bits per heavy atom. The van der Waals surface area contributed by atoms with E-state index < -0.39 is 0 Å². The Balaban J connectivity index is 1.38. The minimum absolute atomic E-state index is 0.402. The molecule has 0 bridgehead atoms. The fourth-order valence-corrected chi connectivity index (χ4v) is 6.61. The van der Waals surface area contributed by atoms with Gasteiger partial charge in [-0.05, 0) is 118 Å². The van der Waals surface area contributed by atoms with Crippen molar-refractivity contribution in [3.05, 3.63) is 148 Å². The van der Waals surface area contributed by atoms with Crippen molar-refractivity contribution < 1.29 is 0 Å². The lowest BCUT2D eigenvalue weighted by Crippen LogP contribution is -2.01. The monoisotopic (exact) mass is 572 g/mol. The van der Waals surface area contributed by atoms with Crippen LogP contribution in [0.5, 0.6) is 0 Å². The number of thioether (sulfide) groups is 1. The summed E-state index contributed by atoms with van der Waals surface area (Å²) in [6, 6.07) is 15.7. The quantitative estimate of drug-likeness (QED) is 0.121. The average Bonchev–Trinajstić information content (AvgIpc) is 3.26. The van der Waals surface area contributed by atoms with Gasteiger partial charge in [0, 0.05) is 15.7 Å². The Kier molecular flexibility index (Phi) is 9.75. The molecule has 3 aromatic rings. The molecule has 0 saturated carbocycles. The standard InChI is InChI=1S/C39H40S2/c1-5-33-35-16-10-11-17-36(35)34(6-2)38-26-31(22-24-37(33)38)39(40)18-12-15-32(41-4)23-19-27(3)29-21-20-28-13-8-7-9-14-30(28)25-29/h9-26,30,40H,5-8H2,1-4H3/b15-12+,27-19+,32-23-,39-18-. The molecule has 2 aliphatic carbocycles. The van der Waals surface area contributed by atoms with Gasteiger partial charge in [-0.3, -0.25) is 0 Å². The lowest BCUT2D eigenvalue weighted by atomic mass is 9.88. The summed E-state index contributed by atoms with van der Waals surface area (Å²) in [6.45, 7) is 6.72. The molecule has 1 unspecified atom stereocenters. The van der Waals surface area contributed by atoms with Gasteiger partial charge in [0.25, 0.3) is 0 Å². The zero-order chi connectivity index (χ0) is 28.8. The summed E-state index contributed by atoms with van der Waals surface area (Å²) in [7, 11) is 0. The second kappa shape index (κ2) is 13.6. The zero-order valence-corrected chi connectivity index (χ0v) is 26.4. The van der Waals surface area contributed by atoms with E-state index in [9.17, 15) is 0 Å². The van der Waals surface area contributed by atoms with Gasteiger partial charge in [-0.25, -0.2) is 0 Å². The summed E-state index contributed by atoms with van der Waals surface area (Å²) in [5, 5.41) is 5.48. The molecule has 1 atom stereocenters. The van der Waals surface area contributed by atoms with Crippen LogP contribution in [0.1, 0.15) is 50.3 Å². The number of thiol groups is 1. The van der Waals surface area contributed by atoms with Crippen LogP contribution < -0.4 is 0 Å². The largest absolute Gasteiger partial charge is 0.143 e. The number of hydrogen-bond acceptors (Lipinski definition) is 2. The van der Waals surface area contributed by atoms with Crippen molar-refractivity contribution in [3.63, 3.8) is 0 Å². The number of benzene rings is 3. The molecular weight excluding hydrogens is 533 g/mol. The van der Waals surface area contributed by atoms with E-state index in [0.717, 1.165) is 36.2 Å². The van der Waals surface area contributed by atoms with E-state index >= 15 is 0 Å². The van der Waals surface area contributed by atoms with E-state index in [4.69, 9.17) is 12.6 Å². The van der Waals surface area contributed by atoms with E-state index in [1.165, 1.54) is 54.3 Å². The van der Waals surface area contributed by atoms with E-state index in [1.807, 2.05) is 0 Å². The number of hydrogen-bond donors (Lipinski definition) is 1. The Morgan fingerprint density at radius 3 is 2.37 bits per heavy atom. The van der Waals surface area contributed by atoms with Gasteiger partial charge in [0.1, 0.15) is 0 Å². The van der Waals surface area contributed by atoms with Crippen molar-refractivity contribution in [3.8, 4) is 0 Å². The minimum Gasteiger partial charge on any atom is -0.143 e. The predicted octanol–water partition coefficient (Wildman–Crippen LogP) is 11.5. The van der Waals surface area contributed by atoms with Crippen LogP contribution >= 0.6 is 24.4 Å². The number of allylic oxidation sites excluding steroid dienone is 14. The number of fused-ring (bicyclic) bond motifs is 3. The van der Waals surface area contributed by atoms with Gasteiger partial charge in [-0.1, -0.05) is 98.9 Å². The second-order valence-corrected chi connectivity index (χ2v) is 12.1. The molecule has 0 spiro atoms. The molecule has 2 heteroatoms. The molecule has 0 nitrogen and oxygen atoms in total. The second-order valence-electron chi connectivity index (χ2n) is 10.7. The van der Waals surface area contributed by atoms with Gasteiger partial charge < -0.3 is 0 Å². The van der Waals surface area contributed by atoms with Crippen molar-refractivity contribution in [2.75, 3.05) is 6.26 Å². The van der Waals surface area contributed by atoms with E-state index in [-0.39, 0.29) is 0 Å². The summed E-state index contributed by atoms with van der Waals surface area (Å²) < 4.78 is 0. The van der Waals surface area contributed by atoms with E-state index in [1.54, 1.807) is 11.8 Å². The molecule has 0 N–H and O–H groups in total. The van der Waals surface area contributed by atoms with Crippen molar-refractivity contribution in [2.24, 2.45) is 5.92 Å². The van der Waals surface area contributed by atoms with Crippen LogP contribution in [0, 0.1) is 5.92 Å². The van der Waals surface area contributed by atoms with Crippen LogP contribution in [0.15, 0.2) is 131 Å². The van der Waals surface area contributed by atoms with Gasteiger partial charge in [0.05, 0.1) is 0 Å². The third-order valence-electron chi connectivity index (χ3n) is 8.21. The van der Waals surface area contributed by atoms with Gasteiger partial charge >= 0.3 is 0 Å². The first-order valence-electron chi connectivity index (χ1n) is 14.8. The number of rotatable bonds is 8. The summed E-state index contributed by atoms with van der Waals surface area (Å²) in [6.07, 6.45) is 31.2.